The molecule has 0 spiro atoms. The Morgan fingerprint density at radius 3 is 2.62 bits per heavy atom. The van der Waals surface area contributed by atoms with E-state index in [1.807, 2.05) is 24.3 Å². The summed E-state index contributed by atoms with van der Waals surface area (Å²) in [6.45, 7) is 0. The summed E-state index contributed by atoms with van der Waals surface area (Å²) < 4.78 is 18.9. The molecule has 0 aliphatic carbocycles. The van der Waals surface area contributed by atoms with Crippen LogP contribution in [0.5, 0.6) is 0 Å². The fraction of sp³-hybridized carbons (Fsp3) is 0. The molecule has 1 heterocycles. The van der Waals surface area contributed by atoms with Gasteiger partial charge in [0.1, 0.15) is 5.82 Å². The highest BCUT2D eigenvalue weighted by Crippen LogP contribution is 2.20. The largest absolute Gasteiger partial charge is 0.402 e. The highest BCUT2D eigenvalue weighted by molar-refractivity contribution is 9.10. The van der Waals surface area contributed by atoms with Gasteiger partial charge in [-0.3, -0.25) is 0 Å². The molecule has 0 N–H and O–H groups in total. The molecule has 0 fully saturated rings. The van der Waals surface area contributed by atoms with Gasteiger partial charge in [-0.2, -0.15) is 0 Å². The first-order chi connectivity index (χ1) is 10.1. The van der Waals surface area contributed by atoms with Crippen LogP contribution in [0.3, 0.4) is 0 Å². The topological polar surface area (TPSA) is 38.7 Å². The molecule has 5 heteroatoms. The Morgan fingerprint density at radius 2 is 1.90 bits per heavy atom. The summed E-state index contributed by atoms with van der Waals surface area (Å²) in [6.07, 6.45) is 1.64. The zero-order chi connectivity index (χ0) is 14.8. The number of carbonyl (C=O) groups excluding carboxylic acids is 1. The van der Waals surface area contributed by atoms with Crippen LogP contribution in [0.1, 0.15) is 11.1 Å². The first-order valence-corrected chi connectivity index (χ1v) is 6.95. The van der Waals surface area contributed by atoms with Crippen molar-refractivity contribution < 1.29 is 13.9 Å². The van der Waals surface area contributed by atoms with Gasteiger partial charge in [0.2, 0.25) is 5.90 Å². The lowest BCUT2D eigenvalue weighted by Crippen LogP contribution is -2.05. The highest BCUT2D eigenvalue weighted by atomic mass is 79.9. The molecule has 1 aliphatic heterocycles. The van der Waals surface area contributed by atoms with Crippen molar-refractivity contribution in [3.63, 3.8) is 0 Å². The quantitative estimate of drug-likeness (QED) is 0.610. The van der Waals surface area contributed by atoms with E-state index in [1.165, 1.54) is 24.3 Å². The standard InChI is InChI=1S/C16H9BrFNO2/c17-12-3-1-2-10(8-12)9-14-16(20)21-15(19-14)11-4-6-13(18)7-5-11/h1-9H/b14-9-. The number of carbonyl (C=O) groups is 1. The van der Waals surface area contributed by atoms with Gasteiger partial charge in [0.05, 0.1) is 0 Å². The van der Waals surface area contributed by atoms with Crippen LogP contribution < -0.4 is 0 Å². The van der Waals surface area contributed by atoms with Gasteiger partial charge in [0, 0.05) is 10.0 Å². The number of nitrogens with zero attached hydrogens (tertiary/aromatic N) is 1. The average Bonchev–Trinajstić information content (AvgIpc) is 2.81. The molecule has 0 saturated heterocycles. The third kappa shape index (κ3) is 3.08. The van der Waals surface area contributed by atoms with Crippen molar-refractivity contribution in [2.75, 3.05) is 0 Å². The normalized spacial score (nSPS) is 16.0. The summed E-state index contributed by atoms with van der Waals surface area (Å²) in [6, 6.07) is 13.1. The van der Waals surface area contributed by atoms with Gasteiger partial charge in [-0.1, -0.05) is 28.1 Å². The number of esters is 1. The van der Waals surface area contributed by atoms with E-state index in [2.05, 4.69) is 20.9 Å². The van der Waals surface area contributed by atoms with Gasteiger partial charge in [0.25, 0.3) is 0 Å². The third-order valence-electron chi connectivity index (χ3n) is 2.86. The zero-order valence-electron chi connectivity index (χ0n) is 10.7. The molecule has 0 atom stereocenters. The van der Waals surface area contributed by atoms with Gasteiger partial charge in [-0.05, 0) is 48.0 Å². The lowest BCUT2D eigenvalue weighted by molar-refractivity contribution is -0.129. The average molecular weight is 346 g/mol. The molecule has 21 heavy (non-hydrogen) atoms. The van der Waals surface area contributed by atoms with Crippen molar-refractivity contribution >= 4 is 33.9 Å². The van der Waals surface area contributed by atoms with E-state index in [0.29, 0.717) is 5.56 Å². The van der Waals surface area contributed by atoms with Gasteiger partial charge in [-0.25, -0.2) is 14.2 Å². The third-order valence-corrected chi connectivity index (χ3v) is 3.36. The van der Waals surface area contributed by atoms with E-state index >= 15 is 0 Å². The molecule has 0 saturated carbocycles. The molecule has 0 bridgehead atoms. The maximum Gasteiger partial charge on any atom is 0.363 e. The number of ether oxygens (including phenoxy) is 1. The van der Waals surface area contributed by atoms with E-state index in [9.17, 15) is 9.18 Å². The van der Waals surface area contributed by atoms with Crippen LogP contribution in [0.4, 0.5) is 4.39 Å². The summed E-state index contributed by atoms with van der Waals surface area (Å²) in [5.74, 6) is -0.691. The molecule has 0 unspecified atom stereocenters. The van der Waals surface area contributed by atoms with Crippen LogP contribution in [0, 0.1) is 5.82 Å². The molecular formula is C16H9BrFNO2. The van der Waals surface area contributed by atoms with Crippen LogP contribution in [-0.4, -0.2) is 11.9 Å². The second kappa shape index (κ2) is 5.61. The van der Waals surface area contributed by atoms with E-state index in [-0.39, 0.29) is 17.4 Å². The van der Waals surface area contributed by atoms with Crippen molar-refractivity contribution in [2.24, 2.45) is 4.99 Å². The van der Waals surface area contributed by atoms with E-state index in [0.717, 1.165) is 10.0 Å². The summed E-state index contributed by atoms with van der Waals surface area (Å²) in [5, 5.41) is 0. The number of aliphatic imine (C=N–C) groups is 1. The van der Waals surface area contributed by atoms with Gasteiger partial charge < -0.3 is 4.74 Å². The Balaban J connectivity index is 1.93. The molecular weight excluding hydrogens is 337 g/mol. The molecule has 104 valence electrons. The van der Waals surface area contributed by atoms with E-state index in [4.69, 9.17) is 4.74 Å². The number of cyclic esters (lactones) is 1. The minimum Gasteiger partial charge on any atom is -0.402 e. The van der Waals surface area contributed by atoms with Gasteiger partial charge >= 0.3 is 5.97 Å². The maximum absolute atomic E-state index is 12.9. The van der Waals surface area contributed by atoms with E-state index < -0.39 is 5.97 Å². The lowest BCUT2D eigenvalue weighted by Gasteiger charge is -1.98. The zero-order valence-corrected chi connectivity index (χ0v) is 12.3. The van der Waals surface area contributed by atoms with Crippen molar-refractivity contribution in [3.05, 3.63) is 75.6 Å². The molecule has 2 aromatic rings. The second-order valence-electron chi connectivity index (χ2n) is 4.40. The fourth-order valence-corrected chi connectivity index (χ4v) is 2.30. The predicted molar refractivity (Wildman–Crippen MR) is 81.1 cm³/mol. The first-order valence-electron chi connectivity index (χ1n) is 6.16. The molecule has 2 aromatic carbocycles. The summed E-state index contributed by atoms with van der Waals surface area (Å²) >= 11 is 3.37. The lowest BCUT2D eigenvalue weighted by atomic mass is 10.2. The number of benzene rings is 2. The van der Waals surface area contributed by atoms with Gasteiger partial charge in [0.15, 0.2) is 5.70 Å². The highest BCUT2D eigenvalue weighted by Gasteiger charge is 2.24. The molecule has 0 amide bonds. The fourth-order valence-electron chi connectivity index (χ4n) is 1.88. The van der Waals surface area contributed by atoms with Crippen molar-refractivity contribution in [1.82, 2.24) is 0 Å². The van der Waals surface area contributed by atoms with Crippen LogP contribution in [0.15, 0.2) is 63.7 Å². The maximum atomic E-state index is 12.9. The molecule has 0 aromatic heterocycles. The van der Waals surface area contributed by atoms with Crippen molar-refractivity contribution in [3.8, 4) is 0 Å². The first kappa shape index (κ1) is 13.7. The van der Waals surface area contributed by atoms with Crippen LogP contribution in [0.2, 0.25) is 0 Å². The molecule has 1 aliphatic rings. The number of halogens is 2. The smallest absolute Gasteiger partial charge is 0.363 e. The minimum atomic E-state index is -0.519. The van der Waals surface area contributed by atoms with Gasteiger partial charge in [-0.15, -0.1) is 0 Å². The number of rotatable bonds is 2. The SMILES string of the molecule is O=C1OC(c2ccc(F)cc2)=N/C1=C\c1cccc(Br)c1. The summed E-state index contributed by atoms with van der Waals surface area (Å²) in [7, 11) is 0. The Bertz CT molecular complexity index is 766. The Labute approximate surface area is 128 Å². The van der Waals surface area contributed by atoms with E-state index in [1.54, 1.807) is 6.08 Å². The summed E-state index contributed by atoms with van der Waals surface area (Å²) in [5.41, 5.74) is 1.61. The van der Waals surface area contributed by atoms with Crippen molar-refractivity contribution in [2.45, 2.75) is 0 Å². The second-order valence-corrected chi connectivity index (χ2v) is 5.31. The van der Waals surface area contributed by atoms with Crippen LogP contribution >= 0.6 is 15.9 Å². The van der Waals surface area contributed by atoms with Crippen LogP contribution in [0.25, 0.3) is 6.08 Å². The molecule has 0 radical (unpaired) electrons. The molecule has 3 rings (SSSR count). The monoisotopic (exact) mass is 345 g/mol. The Kier molecular flexibility index (Phi) is 3.66. The Morgan fingerprint density at radius 1 is 1.14 bits per heavy atom. The molecule has 3 nitrogen and oxygen atoms in total. The number of hydrogen-bond donors (Lipinski definition) is 0. The summed E-state index contributed by atoms with van der Waals surface area (Å²) in [4.78, 5) is 16.0. The van der Waals surface area contributed by atoms with Crippen LogP contribution in [-0.2, 0) is 9.53 Å². The minimum absolute atomic E-state index is 0.182. The number of hydrogen-bond acceptors (Lipinski definition) is 3. The van der Waals surface area contributed by atoms with Crippen molar-refractivity contribution in [1.29, 1.82) is 0 Å². The Hall–Kier alpha value is -2.27. The predicted octanol–water partition coefficient (Wildman–Crippen LogP) is 3.93.